The number of benzene rings is 1. The predicted molar refractivity (Wildman–Crippen MR) is 75.9 cm³/mol. The van der Waals surface area contributed by atoms with Gasteiger partial charge in [-0.15, -0.1) is 0 Å². The highest BCUT2D eigenvalue weighted by molar-refractivity contribution is 9.10. The number of amides is 2. The molecule has 0 aromatic heterocycles. The second kappa shape index (κ2) is 6.64. The lowest BCUT2D eigenvalue weighted by molar-refractivity contribution is 0.228. The molecule has 2 N–H and O–H groups in total. The van der Waals surface area contributed by atoms with E-state index in [1.165, 1.54) is 0 Å². The Bertz CT molecular complexity index is 402. The van der Waals surface area contributed by atoms with Crippen LogP contribution in [0.25, 0.3) is 0 Å². The lowest BCUT2D eigenvalue weighted by Crippen LogP contribution is -2.47. The number of ether oxygens (including phenoxy) is 1. The Hall–Kier alpha value is -1.23. The van der Waals surface area contributed by atoms with Gasteiger partial charge in [-0.05, 0) is 39.0 Å². The minimum Gasteiger partial charge on any atom is -0.492 e. The Labute approximate surface area is 116 Å². The summed E-state index contributed by atoms with van der Waals surface area (Å²) in [5.74, 6) is 0.780. The van der Waals surface area contributed by atoms with Gasteiger partial charge in [-0.25, -0.2) is 4.79 Å². The van der Waals surface area contributed by atoms with Crippen molar-refractivity contribution in [3.63, 3.8) is 0 Å². The number of hydrogen-bond donors (Lipinski definition) is 2. The summed E-state index contributed by atoms with van der Waals surface area (Å²) in [6.07, 6.45) is 0. The molecule has 0 bridgehead atoms. The molecule has 4 nitrogen and oxygen atoms in total. The van der Waals surface area contributed by atoms with Crippen LogP contribution in [0.2, 0.25) is 0 Å². The van der Waals surface area contributed by atoms with E-state index in [-0.39, 0.29) is 11.6 Å². The molecule has 0 saturated heterocycles. The molecule has 0 aliphatic heterocycles. The van der Waals surface area contributed by atoms with E-state index in [1.54, 1.807) is 0 Å². The largest absolute Gasteiger partial charge is 0.492 e. The summed E-state index contributed by atoms with van der Waals surface area (Å²) in [7, 11) is 0. The smallest absolute Gasteiger partial charge is 0.315 e. The van der Waals surface area contributed by atoms with Crippen molar-refractivity contribution in [1.82, 2.24) is 10.6 Å². The molecule has 0 spiro atoms. The average molecular weight is 315 g/mol. The van der Waals surface area contributed by atoms with E-state index in [4.69, 9.17) is 4.74 Å². The van der Waals surface area contributed by atoms with Crippen LogP contribution in [0.15, 0.2) is 28.7 Å². The summed E-state index contributed by atoms with van der Waals surface area (Å²) in [6, 6.07) is 7.41. The normalized spacial score (nSPS) is 10.9. The predicted octanol–water partition coefficient (Wildman–Crippen LogP) is 2.93. The summed E-state index contributed by atoms with van der Waals surface area (Å²) in [5.41, 5.74) is -0.227. The summed E-state index contributed by atoms with van der Waals surface area (Å²) < 4.78 is 6.47. The van der Waals surface area contributed by atoms with E-state index in [0.717, 1.165) is 10.2 Å². The maximum absolute atomic E-state index is 11.4. The Balaban J connectivity index is 2.21. The Kier molecular flexibility index (Phi) is 5.47. The van der Waals surface area contributed by atoms with Crippen LogP contribution in [0.3, 0.4) is 0 Å². The molecular weight excluding hydrogens is 296 g/mol. The molecule has 0 aliphatic rings. The van der Waals surface area contributed by atoms with Crippen molar-refractivity contribution in [3.05, 3.63) is 28.7 Å². The van der Waals surface area contributed by atoms with Gasteiger partial charge >= 0.3 is 6.03 Å². The Morgan fingerprint density at radius 3 is 2.72 bits per heavy atom. The first-order chi connectivity index (χ1) is 8.37. The van der Waals surface area contributed by atoms with Crippen LogP contribution >= 0.6 is 15.9 Å². The standard InChI is InChI=1S/C13H19BrN2O2/c1-13(2,3)16-12(17)15-7-8-18-11-6-4-5-10(14)9-11/h4-6,9H,7-8H2,1-3H3,(H2,15,16,17). The van der Waals surface area contributed by atoms with E-state index in [2.05, 4.69) is 26.6 Å². The van der Waals surface area contributed by atoms with E-state index in [1.807, 2.05) is 45.0 Å². The number of carbonyl (C=O) groups is 1. The number of halogens is 1. The van der Waals surface area contributed by atoms with Crippen LogP contribution in [-0.2, 0) is 0 Å². The van der Waals surface area contributed by atoms with Crippen molar-refractivity contribution >= 4 is 22.0 Å². The maximum Gasteiger partial charge on any atom is 0.315 e. The van der Waals surface area contributed by atoms with Crippen LogP contribution in [0.4, 0.5) is 4.79 Å². The average Bonchev–Trinajstić information content (AvgIpc) is 2.22. The topological polar surface area (TPSA) is 50.4 Å². The molecule has 0 aliphatic carbocycles. The molecule has 0 radical (unpaired) electrons. The van der Waals surface area contributed by atoms with Crippen molar-refractivity contribution < 1.29 is 9.53 Å². The van der Waals surface area contributed by atoms with Crippen molar-refractivity contribution in [1.29, 1.82) is 0 Å². The lowest BCUT2D eigenvalue weighted by Gasteiger charge is -2.20. The molecule has 1 rings (SSSR count). The van der Waals surface area contributed by atoms with Gasteiger partial charge in [0.25, 0.3) is 0 Å². The molecule has 1 aromatic rings. The lowest BCUT2D eigenvalue weighted by atomic mass is 10.1. The molecular formula is C13H19BrN2O2. The van der Waals surface area contributed by atoms with Gasteiger partial charge in [-0.1, -0.05) is 22.0 Å². The zero-order valence-corrected chi connectivity index (χ0v) is 12.5. The van der Waals surface area contributed by atoms with Crippen LogP contribution < -0.4 is 15.4 Å². The van der Waals surface area contributed by atoms with E-state index in [0.29, 0.717) is 13.2 Å². The van der Waals surface area contributed by atoms with Crippen molar-refractivity contribution in [2.45, 2.75) is 26.3 Å². The molecule has 5 heteroatoms. The second-order valence-corrected chi connectivity index (χ2v) is 5.85. The third kappa shape index (κ3) is 6.49. The maximum atomic E-state index is 11.4. The molecule has 0 saturated carbocycles. The van der Waals surface area contributed by atoms with Gasteiger partial charge in [0.1, 0.15) is 12.4 Å². The Morgan fingerprint density at radius 2 is 2.11 bits per heavy atom. The van der Waals surface area contributed by atoms with Crippen LogP contribution in [0.5, 0.6) is 5.75 Å². The van der Waals surface area contributed by atoms with Gasteiger partial charge < -0.3 is 15.4 Å². The summed E-state index contributed by atoms with van der Waals surface area (Å²) in [5, 5.41) is 5.55. The molecule has 1 aromatic carbocycles. The second-order valence-electron chi connectivity index (χ2n) is 4.94. The fourth-order valence-corrected chi connectivity index (χ4v) is 1.65. The minimum atomic E-state index is -0.227. The number of carbonyl (C=O) groups excluding carboxylic acids is 1. The zero-order chi connectivity index (χ0) is 13.6. The number of urea groups is 1. The van der Waals surface area contributed by atoms with Crippen molar-refractivity contribution in [3.8, 4) is 5.75 Å². The third-order valence-corrected chi connectivity index (χ3v) is 2.43. The van der Waals surface area contributed by atoms with Gasteiger partial charge in [0.05, 0.1) is 6.54 Å². The molecule has 2 amide bonds. The highest BCUT2D eigenvalue weighted by atomic mass is 79.9. The molecule has 100 valence electrons. The molecule has 0 unspecified atom stereocenters. The molecule has 0 atom stereocenters. The third-order valence-electron chi connectivity index (χ3n) is 1.94. The fourth-order valence-electron chi connectivity index (χ4n) is 1.28. The monoisotopic (exact) mass is 314 g/mol. The highest BCUT2D eigenvalue weighted by Gasteiger charge is 2.12. The summed E-state index contributed by atoms with van der Waals surface area (Å²) in [6.45, 7) is 6.71. The number of nitrogens with one attached hydrogen (secondary N) is 2. The van der Waals surface area contributed by atoms with Gasteiger partial charge in [0.15, 0.2) is 0 Å². The van der Waals surface area contributed by atoms with Gasteiger partial charge in [0, 0.05) is 10.0 Å². The van der Waals surface area contributed by atoms with Crippen molar-refractivity contribution in [2.24, 2.45) is 0 Å². The summed E-state index contributed by atoms with van der Waals surface area (Å²) >= 11 is 3.37. The van der Waals surface area contributed by atoms with Gasteiger partial charge in [-0.2, -0.15) is 0 Å². The molecule has 0 heterocycles. The van der Waals surface area contributed by atoms with Crippen molar-refractivity contribution in [2.75, 3.05) is 13.2 Å². The molecule has 18 heavy (non-hydrogen) atoms. The first kappa shape index (κ1) is 14.8. The zero-order valence-electron chi connectivity index (χ0n) is 10.9. The molecule has 0 fully saturated rings. The minimum absolute atomic E-state index is 0.180. The summed E-state index contributed by atoms with van der Waals surface area (Å²) in [4.78, 5) is 11.4. The first-order valence-corrected chi connectivity index (χ1v) is 6.60. The number of hydrogen-bond acceptors (Lipinski definition) is 2. The van der Waals surface area contributed by atoms with Gasteiger partial charge in [0.2, 0.25) is 0 Å². The van der Waals surface area contributed by atoms with E-state index in [9.17, 15) is 4.79 Å². The SMILES string of the molecule is CC(C)(C)NC(=O)NCCOc1cccc(Br)c1. The van der Waals surface area contributed by atoms with Crippen LogP contribution in [0, 0.1) is 0 Å². The van der Waals surface area contributed by atoms with E-state index >= 15 is 0 Å². The van der Waals surface area contributed by atoms with Gasteiger partial charge in [-0.3, -0.25) is 0 Å². The fraction of sp³-hybridized carbons (Fsp3) is 0.462. The van der Waals surface area contributed by atoms with Crippen LogP contribution in [0.1, 0.15) is 20.8 Å². The van der Waals surface area contributed by atoms with Crippen LogP contribution in [-0.4, -0.2) is 24.7 Å². The first-order valence-electron chi connectivity index (χ1n) is 5.81. The quantitative estimate of drug-likeness (QED) is 0.840. The Morgan fingerprint density at radius 1 is 1.39 bits per heavy atom. The van der Waals surface area contributed by atoms with E-state index < -0.39 is 0 Å². The highest BCUT2D eigenvalue weighted by Crippen LogP contribution is 2.17. The number of rotatable bonds is 4.